The van der Waals surface area contributed by atoms with Gasteiger partial charge in [-0.05, 0) is 67.3 Å². The van der Waals surface area contributed by atoms with E-state index in [0.29, 0.717) is 18.1 Å². The number of hydrogen-bond acceptors (Lipinski definition) is 5. The molecule has 6 nitrogen and oxygen atoms in total. The summed E-state index contributed by atoms with van der Waals surface area (Å²) in [6.07, 6.45) is 0. The van der Waals surface area contributed by atoms with Gasteiger partial charge >= 0.3 is 0 Å². The molecule has 3 aromatic rings. The summed E-state index contributed by atoms with van der Waals surface area (Å²) < 4.78 is 12.6. The van der Waals surface area contributed by atoms with Crippen LogP contribution in [0.25, 0.3) is 0 Å². The van der Waals surface area contributed by atoms with Gasteiger partial charge in [0.2, 0.25) is 11.8 Å². The molecule has 0 bridgehead atoms. The van der Waals surface area contributed by atoms with Crippen LogP contribution in [0.4, 0.5) is 0 Å². The molecule has 0 amide bonds. The molecule has 0 radical (unpaired) electrons. The van der Waals surface area contributed by atoms with Crippen molar-refractivity contribution in [3.63, 3.8) is 0 Å². The number of fused-ring (bicyclic) bond motifs is 1. The third kappa shape index (κ3) is 3.55. The topological polar surface area (TPSA) is 97.0 Å². The van der Waals surface area contributed by atoms with Crippen LogP contribution in [0.5, 0.6) is 11.6 Å². The molecule has 1 aliphatic heterocycles. The van der Waals surface area contributed by atoms with Crippen molar-refractivity contribution in [2.75, 3.05) is 0 Å². The molecule has 0 spiro atoms. The quantitative estimate of drug-likeness (QED) is 0.572. The molecule has 0 fully saturated rings. The summed E-state index contributed by atoms with van der Waals surface area (Å²) in [5, 5.41) is 17.0. The van der Waals surface area contributed by atoms with E-state index >= 15 is 0 Å². The maximum absolute atomic E-state index is 9.81. The number of nitrogens with one attached hydrogen (secondary N) is 1. The number of ether oxygens (including phenoxy) is 2. The third-order valence-electron chi connectivity index (χ3n) is 5.37. The average molecular weight is 465 g/mol. The fraction of sp³-hybridized carbons (Fsp3) is 0.217. The molecule has 1 aromatic heterocycles. The summed E-state index contributed by atoms with van der Waals surface area (Å²) in [5.74, 6) is 0.959. The molecule has 0 saturated carbocycles. The van der Waals surface area contributed by atoms with Crippen molar-refractivity contribution in [1.82, 2.24) is 10.2 Å². The lowest BCUT2D eigenvalue weighted by atomic mass is 9.81. The lowest BCUT2D eigenvalue weighted by Gasteiger charge is -2.26. The summed E-state index contributed by atoms with van der Waals surface area (Å²) in [6, 6.07) is 14.2. The van der Waals surface area contributed by atoms with Crippen molar-refractivity contribution >= 4 is 15.9 Å². The van der Waals surface area contributed by atoms with Gasteiger partial charge in [-0.15, -0.1) is 5.10 Å². The van der Waals surface area contributed by atoms with Crippen LogP contribution in [-0.4, -0.2) is 10.2 Å². The second-order valence-corrected chi connectivity index (χ2v) is 8.29. The SMILES string of the molecule is Cc1cc(C)c([C@H]2C(C#N)=C(N)Oc3n[nH]c(C)c32)cc1COc1ccc(Br)cc1. The second kappa shape index (κ2) is 7.88. The fourth-order valence-electron chi connectivity index (χ4n) is 3.78. The maximum Gasteiger partial charge on any atom is 0.244 e. The first kappa shape index (κ1) is 20.0. The van der Waals surface area contributed by atoms with Gasteiger partial charge in [-0.3, -0.25) is 5.10 Å². The predicted octanol–water partition coefficient (Wildman–Crippen LogP) is 4.89. The van der Waals surface area contributed by atoms with Crippen LogP contribution in [0.3, 0.4) is 0 Å². The van der Waals surface area contributed by atoms with Gasteiger partial charge in [0.05, 0.1) is 5.92 Å². The Labute approximate surface area is 183 Å². The Balaban J connectivity index is 1.75. The van der Waals surface area contributed by atoms with Crippen molar-refractivity contribution in [3.8, 4) is 17.7 Å². The number of benzene rings is 2. The monoisotopic (exact) mass is 464 g/mol. The number of aromatic amines is 1. The minimum atomic E-state index is -0.343. The molecule has 2 heterocycles. The van der Waals surface area contributed by atoms with E-state index in [1.165, 1.54) is 0 Å². The van der Waals surface area contributed by atoms with E-state index < -0.39 is 0 Å². The van der Waals surface area contributed by atoms with Crippen LogP contribution in [0, 0.1) is 32.1 Å². The molecule has 30 heavy (non-hydrogen) atoms. The van der Waals surface area contributed by atoms with E-state index in [2.05, 4.69) is 51.3 Å². The van der Waals surface area contributed by atoms with Gasteiger partial charge in [-0.1, -0.05) is 28.1 Å². The number of rotatable bonds is 4. The Hall–Kier alpha value is -3.24. The molecule has 0 unspecified atom stereocenters. The second-order valence-electron chi connectivity index (χ2n) is 7.37. The molecule has 0 saturated heterocycles. The Morgan fingerprint density at radius 3 is 2.63 bits per heavy atom. The molecular formula is C23H21BrN4O2. The number of nitrogens with zero attached hydrogens (tertiary/aromatic N) is 2. The van der Waals surface area contributed by atoms with Gasteiger partial charge in [-0.2, -0.15) is 5.26 Å². The number of aromatic nitrogens is 2. The van der Waals surface area contributed by atoms with E-state index in [0.717, 1.165) is 43.7 Å². The van der Waals surface area contributed by atoms with E-state index in [9.17, 15) is 5.26 Å². The lowest BCUT2D eigenvalue weighted by Crippen LogP contribution is -2.21. The maximum atomic E-state index is 9.81. The predicted molar refractivity (Wildman–Crippen MR) is 117 cm³/mol. The summed E-state index contributed by atoms with van der Waals surface area (Å²) in [4.78, 5) is 0. The van der Waals surface area contributed by atoms with Crippen molar-refractivity contribution < 1.29 is 9.47 Å². The summed E-state index contributed by atoms with van der Waals surface area (Å²) in [5.41, 5.74) is 12.4. The smallest absolute Gasteiger partial charge is 0.244 e. The highest BCUT2D eigenvalue weighted by Gasteiger charge is 2.35. The van der Waals surface area contributed by atoms with Crippen LogP contribution in [0.1, 0.15) is 39.4 Å². The van der Waals surface area contributed by atoms with E-state index in [1.54, 1.807) is 0 Å². The number of hydrogen-bond donors (Lipinski definition) is 2. The van der Waals surface area contributed by atoms with Crippen LogP contribution < -0.4 is 15.2 Å². The lowest BCUT2D eigenvalue weighted by molar-refractivity contribution is 0.305. The average Bonchev–Trinajstić information content (AvgIpc) is 3.08. The molecule has 4 rings (SSSR count). The van der Waals surface area contributed by atoms with Crippen molar-refractivity contribution in [2.45, 2.75) is 33.3 Å². The Kier molecular flexibility index (Phi) is 5.27. The molecule has 0 aliphatic carbocycles. The Bertz CT molecular complexity index is 1190. The van der Waals surface area contributed by atoms with Crippen molar-refractivity contribution in [3.05, 3.63) is 85.8 Å². The fourth-order valence-corrected chi connectivity index (χ4v) is 4.05. The van der Waals surface area contributed by atoms with Gasteiger partial charge < -0.3 is 15.2 Å². The summed E-state index contributed by atoms with van der Waals surface area (Å²) >= 11 is 3.43. The van der Waals surface area contributed by atoms with Crippen LogP contribution in [-0.2, 0) is 6.61 Å². The van der Waals surface area contributed by atoms with Crippen LogP contribution in [0.15, 0.2) is 52.3 Å². The number of H-pyrrole nitrogens is 1. The van der Waals surface area contributed by atoms with Gasteiger partial charge in [-0.25, -0.2) is 0 Å². The minimum absolute atomic E-state index is 0.0918. The molecular weight excluding hydrogens is 444 g/mol. The number of aryl methyl sites for hydroxylation is 3. The van der Waals surface area contributed by atoms with Gasteiger partial charge in [0.1, 0.15) is 24.0 Å². The number of halogens is 1. The molecule has 7 heteroatoms. The Morgan fingerprint density at radius 1 is 1.20 bits per heavy atom. The largest absolute Gasteiger partial charge is 0.489 e. The molecule has 3 N–H and O–H groups in total. The van der Waals surface area contributed by atoms with Gasteiger partial charge in [0.25, 0.3) is 0 Å². The third-order valence-corrected chi connectivity index (χ3v) is 5.90. The zero-order chi connectivity index (χ0) is 21.4. The van der Waals surface area contributed by atoms with E-state index in [-0.39, 0.29) is 11.8 Å². The zero-order valence-corrected chi connectivity index (χ0v) is 18.5. The molecule has 1 atom stereocenters. The van der Waals surface area contributed by atoms with E-state index in [4.69, 9.17) is 15.2 Å². The number of nitriles is 1. The summed E-state index contributed by atoms with van der Waals surface area (Å²) in [6.45, 7) is 6.43. The highest BCUT2D eigenvalue weighted by atomic mass is 79.9. The normalized spacial score (nSPS) is 15.4. The Morgan fingerprint density at radius 2 is 1.93 bits per heavy atom. The first-order valence-corrected chi connectivity index (χ1v) is 10.3. The standard InChI is InChI=1S/C23H21BrN4O2/c1-12-8-13(2)18(9-15(12)11-29-17-6-4-16(24)5-7-17)21-19(10-25)22(26)30-23-20(21)14(3)27-28-23/h4-9,21H,11,26H2,1-3H3,(H,27,28)/t21-/m0/s1. The number of allylic oxidation sites excluding steroid dienone is 1. The minimum Gasteiger partial charge on any atom is -0.489 e. The molecule has 152 valence electrons. The van der Waals surface area contributed by atoms with Crippen LogP contribution in [0.2, 0.25) is 0 Å². The zero-order valence-electron chi connectivity index (χ0n) is 16.9. The first-order valence-electron chi connectivity index (χ1n) is 9.50. The summed E-state index contributed by atoms with van der Waals surface area (Å²) in [7, 11) is 0. The highest BCUT2D eigenvalue weighted by Crippen LogP contribution is 2.44. The van der Waals surface area contributed by atoms with E-state index in [1.807, 2.05) is 38.1 Å². The highest BCUT2D eigenvalue weighted by molar-refractivity contribution is 9.10. The molecule has 2 aromatic carbocycles. The van der Waals surface area contributed by atoms with Gasteiger partial charge in [0.15, 0.2) is 0 Å². The van der Waals surface area contributed by atoms with Crippen LogP contribution >= 0.6 is 15.9 Å². The first-order chi connectivity index (χ1) is 14.4. The van der Waals surface area contributed by atoms with Gasteiger partial charge in [0, 0.05) is 15.7 Å². The van der Waals surface area contributed by atoms with Crippen molar-refractivity contribution in [1.29, 1.82) is 5.26 Å². The van der Waals surface area contributed by atoms with Crippen molar-refractivity contribution in [2.24, 2.45) is 5.73 Å². The molecule has 1 aliphatic rings. The number of nitrogens with two attached hydrogens (primary N) is 1.